The summed E-state index contributed by atoms with van der Waals surface area (Å²) in [6, 6.07) is 11.0. The predicted molar refractivity (Wildman–Crippen MR) is 94.3 cm³/mol. The molecule has 0 saturated carbocycles. The normalized spacial score (nSPS) is 11.0. The van der Waals surface area contributed by atoms with Crippen molar-refractivity contribution < 1.29 is 0 Å². The van der Waals surface area contributed by atoms with Crippen LogP contribution in [-0.4, -0.2) is 9.55 Å². The van der Waals surface area contributed by atoms with Gasteiger partial charge in [0.2, 0.25) is 0 Å². The molecule has 0 aliphatic heterocycles. The molecule has 1 heterocycles. The Morgan fingerprint density at radius 2 is 1.90 bits per heavy atom. The van der Waals surface area contributed by atoms with E-state index in [1.165, 1.54) is 0 Å². The molecule has 3 nitrogen and oxygen atoms in total. The third-order valence-electron chi connectivity index (χ3n) is 3.12. The molecule has 6 heteroatoms. The fourth-order valence-corrected chi connectivity index (χ4v) is 2.89. The van der Waals surface area contributed by atoms with Crippen LogP contribution < -0.4 is 5.56 Å². The maximum absolute atomic E-state index is 12.5. The molecule has 0 aliphatic rings. The topological polar surface area (TPSA) is 34.9 Å². The van der Waals surface area contributed by atoms with Crippen LogP contribution in [0.1, 0.15) is 5.56 Å². The summed E-state index contributed by atoms with van der Waals surface area (Å²) >= 11 is 14.1. The minimum atomic E-state index is -0.0652. The van der Waals surface area contributed by atoms with Crippen LogP contribution in [0.4, 0.5) is 0 Å². The zero-order chi connectivity index (χ0) is 15.0. The molecule has 0 bridgehead atoms. The van der Waals surface area contributed by atoms with Gasteiger partial charge in [-0.25, -0.2) is 4.98 Å². The maximum Gasteiger partial charge on any atom is 0.261 e. The molecule has 21 heavy (non-hydrogen) atoms. The summed E-state index contributed by atoms with van der Waals surface area (Å²) in [7, 11) is 0. The first kappa shape index (κ1) is 14.8. The summed E-state index contributed by atoms with van der Waals surface area (Å²) in [5, 5.41) is 1.59. The Morgan fingerprint density at radius 1 is 1.10 bits per heavy atom. The largest absolute Gasteiger partial charge is 0.294 e. The van der Waals surface area contributed by atoms with Crippen molar-refractivity contribution in [2.45, 2.75) is 6.54 Å². The molecular formula is C15H9Cl2IN2O. The lowest BCUT2D eigenvalue weighted by atomic mass is 10.2. The first-order valence-electron chi connectivity index (χ1n) is 6.13. The highest BCUT2D eigenvalue weighted by molar-refractivity contribution is 14.1. The van der Waals surface area contributed by atoms with Gasteiger partial charge in [-0.15, -0.1) is 0 Å². The zero-order valence-corrected chi connectivity index (χ0v) is 14.4. The lowest BCUT2D eigenvalue weighted by Crippen LogP contribution is -2.21. The van der Waals surface area contributed by atoms with Crippen LogP contribution in [0.5, 0.6) is 0 Å². The van der Waals surface area contributed by atoms with Gasteiger partial charge in [0.25, 0.3) is 5.56 Å². The summed E-state index contributed by atoms with van der Waals surface area (Å²) in [5.74, 6) is 0. The average Bonchev–Trinajstić information content (AvgIpc) is 2.46. The molecule has 0 aliphatic carbocycles. The van der Waals surface area contributed by atoms with Gasteiger partial charge in [-0.05, 0) is 58.5 Å². The van der Waals surface area contributed by atoms with Gasteiger partial charge in [-0.1, -0.05) is 29.3 Å². The standard InChI is InChI=1S/C15H9Cl2IN2O/c16-12-3-1-9(5-13(12)17)7-20-8-19-14-4-2-10(18)6-11(14)15(20)21/h1-6,8H,7H2. The van der Waals surface area contributed by atoms with Gasteiger partial charge in [0.15, 0.2) is 0 Å². The van der Waals surface area contributed by atoms with Crippen LogP contribution in [-0.2, 0) is 6.54 Å². The summed E-state index contributed by atoms with van der Waals surface area (Å²) in [6.45, 7) is 0.407. The smallest absolute Gasteiger partial charge is 0.261 e. The van der Waals surface area contributed by atoms with Gasteiger partial charge in [-0.3, -0.25) is 9.36 Å². The van der Waals surface area contributed by atoms with Crippen LogP contribution in [0, 0.1) is 3.57 Å². The molecule has 0 spiro atoms. The fraction of sp³-hybridized carbons (Fsp3) is 0.0667. The molecule has 0 amide bonds. The minimum Gasteiger partial charge on any atom is -0.294 e. The molecule has 0 unspecified atom stereocenters. The van der Waals surface area contributed by atoms with Crippen molar-refractivity contribution in [3.05, 3.63) is 72.3 Å². The van der Waals surface area contributed by atoms with E-state index in [1.807, 2.05) is 24.3 Å². The lowest BCUT2D eigenvalue weighted by Gasteiger charge is -2.08. The van der Waals surface area contributed by atoms with Crippen LogP contribution in [0.25, 0.3) is 10.9 Å². The second-order valence-corrected chi connectivity index (χ2v) is 6.65. The Hall–Kier alpha value is -1.11. The van der Waals surface area contributed by atoms with E-state index in [-0.39, 0.29) is 5.56 Å². The summed E-state index contributed by atoms with van der Waals surface area (Å²) in [4.78, 5) is 16.8. The second-order valence-electron chi connectivity index (χ2n) is 4.59. The van der Waals surface area contributed by atoms with E-state index in [1.54, 1.807) is 23.0 Å². The Morgan fingerprint density at radius 3 is 2.67 bits per heavy atom. The Labute approximate surface area is 144 Å². The van der Waals surface area contributed by atoms with Gasteiger partial charge >= 0.3 is 0 Å². The van der Waals surface area contributed by atoms with Crippen molar-refractivity contribution in [3.8, 4) is 0 Å². The second kappa shape index (κ2) is 5.94. The Balaban J connectivity index is 2.06. The zero-order valence-electron chi connectivity index (χ0n) is 10.7. The predicted octanol–water partition coefficient (Wildman–Crippen LogP) is 4.36. The number of aromatic nitrogens is 2. The van der Waals surface area contributed by atoms with Crippen molar-refractivity contribution in [3.63, 3.8) is 0 Å². The molecule has 3 aromatic rings. The number of fused-ring (bicyclic) bond motifs is 1. The summed E-state index contributed by atoms with van der Waals surface area (Å²) < 4.78 is 2.57. The number of nitrogens with zero attached hydrogens (tertiary/aromatic N) is 2. The van der Waals surface area contributed by atoms with Crippen molar-refractivity contribution in [2.75, 3.05) is 0 Å². The number of hydrogen-bond donors (Lipinski definition) is 0. The first-order valence-corrected chi connectivity index (χ1v) is 7.97. The van der Waals surface area contributed by atoms with E-state index in [0.717, 1.165) is 9.13 Å². The maximum atomic E-state index is 12.5. The van der Waals surface area contributed by atoms with Crippen molar-refractivity contribution in [1.82, 2.24) is 9.55 Å². The highest BCUT2D eigenvalue weighted by Gasteiger charge is 2.06. The van der Waals surface area contributed by atoms with Crippen molar-refractivity contribution in [2.24, 2.45) is 0 Å². The van der Waals surface area contributed by atoms with E-state index in [2.05, 4.69) is 27.6 Å². The van der Waals surface area contributed by atoms with Crippen LogP contribution >= 0.6 is 45.8 Å². The summed E-state index contributed by atoms with van der Waals surface area (Å²) in [5.41, 5.74) is 1.54. The van der Waals surface area contributed by atoms with E-state index < -0.39 is 0 Å². The first-order chi connectivity index (χ1) is 10.0. The summed E-state index contributed by atoms with van der Waals surface area (Å²) in [6.07, 6.45) is 1.56. The van der Waals surface area contributed by atoms with Crippen LogP contribution in [0.3, 0.4) is 0 Å². The highest BCUT2D eigenvalue weighted by atomic mass is 127. The van der Waals surface area contributed by atoms with Gasteiger partial charge in [0.1, 0.15) is 0 Å². The number of hydrogen-bond acceptors (Lipinski definition) is 2. The van der Waals surface area contributed by atoms with E-state index >= 15 is 0 Å². The van der Waals surface area contributed by atoms with Crippen molar-refractivity contribution >= 4 is 56.7 Å². The fourth-order valence-electron chi connectivity index (χ4n) is 2.08. The monoisotopic (exact) mass is 430 g/mol. The quantitative estimate of drug-likeness (QED) is 0.566. The number of halogens is 3. The number of rotatable bonds is 2. The Kier molecular flexibility index (Phi) is 4.19. The number of benzene rings is 2. The average molecular weight is 431 g/mol. The molecule has 0 saturated heterocycles. The van der Waals surface area contributed by atoms with Gasteiger partial charge in [0.05, 0.1) is 33.8 Å². The molecule has 0 N–H and O–H groups in total. The van der Waals surface area contributed by atoms with E-state index in [4.69, 9.17) is 23.2 Å². The molecule has 2 aromatic carbocycles. The lowest BCUT2D eigenvalue weighted by molar-refractivity contribution is 0.748. The third kappa shape index (κ3) is 3.07. The molecule has 0 atom stereocenters. The SMILES string of the molecule is O=c1c2cc(I)ccc2ncn1Cc1ccc(Cl)c(Cl)c1. The molecule has 0 radical (unpaired) electrons. The Bertz CT molecular complexity index is 892. The van der Waals surface area contributed by atoms with Gasteiger partial charge < -0.3 is 0 Å². The molecule has 106 valence electrons. The minimum absolute atomic E-state index is 0.0652. The van der Waals surface area contributed by atoms with Crippen LogP contribution in [0.15, 0.2) is 47.5 Å². The molecular weight excluding hydrogens is 422 g/mol. The molecule has 1 aromatic heterocycles. The highest BCUT2D eigenvalue weighted by Crippen LogP contribution is 2.22. The molecule has 0 fully saturated rings. The van der Waals surface area contributed by atoms with E-state index in [0.29, 0.717) is 27.5 Å². The third-order valence-corrected chi connectivity index (χ3v) is 4.53. The van der Waals surface area contributed by atoms with Crippen LogP contribution in [0.2, 0.25) is 10.0 Å². The molecule has 3 rings (SSSR count). The van der Waals surface area contributed by atoms with Gasteiger partial charge in [-0.2, -0.15) is 0 Å². The van der Waals surface area contributed by atoms with Gasteiger partial charge in [0, 0.05) is 3.57 Å². The van der Waals surface area contributed by atoms with Crippen molar-refractivity contribution in [1.29, 1.82) is 0 Å². The van der Waals surface area contributed by atoms with E-state index in [9.17, 15) is 4.79 Å².